The molecule has 1 aromatic rings. The quantitative estimate of drug-likeness (QED) is 0.572. The Kier molecular flexibility index (Phi) is 3.03. The molecule has 1 aliphatic heterocycles. The number of hydrogen-bond acceptors (Lipinski definition) is 3. The average Bonchev–Trinajstić information content (AvgIpc) is 2.29. The molecule has 1 atom stereocenters. The van der Waals surface area contributed by atoms with Crippen LogP contribution in [0.25, 0.3) is 0 Å². The number of hydrogen-bond donors (Lipinski definition) is 0. The first kappa shape index (κ1) is 10.9. The van der Waals surface area contributed by atoms with Gasteiger partial charge in [0.1, 0.15) is 6.17 Å². The predicted octanol–water partition coefficient (Wildman–Crippen LogP) is 2.53. The molecule has 0 bridgehead atoms. The minimum Gasteiger partial charge on any atom is -0.369 e. The predicted molar refractivity (Wildman–Crippen MR) is 59.4 cm³/mol. The van der Waals surface area contributed by atoms with Gasteiger partial charge in [0.05, 0.1) is 4.92 Å². The lowest BCUT2D eigenvalue weighted by Gasteiger charge is -2.30. The molecule has 0 radical (unpaired) electrons. The van der Waals surface area contributed by atoms with Gasteiger partial charge in [0, 0.05) is 30.9 Å². The van der Waals surface area contributed by atoms with Crippen molar-refractivity contribution < 1.29 is 9.31 Å². The highest BCUT2D eigenvalue weighted by Gasteiger charge is 2.19. The molecule has 0 aromatic heterocycles. The fourth-order valence-electron chi connectivity index (χ4n) is 1.95. The Bertz CT molecular complexity index is 380. The molecule has 16 heavy (non-hydrogen) atoms. The van der Waals surface area contributed by atoms with Gasteiger partial charge in [-0.3, -0.25) is 10.1 Å². The molecule has 1 aliphatic rings. The second-order valence-electron chi connectivity index (χ2n) is 3.96. The Morgan fingerprint density at radius 3 is 2.62 bits per heavy atom. The molecule has 1 aromatic carbocycles. The molecule has 0 saturated carbocycles. The number of nitro groups is 1. The summed E-state index contributed by atoms with van der Waals surface area (Å²) in [6.07, 6.45) is 0.658. The Hall–Kier alpha value is -1.65. The van der Waals surface area contributed by atoms with Crippen LogP contribution in [0.4, 0.5) is 15.8 Å². The van der Waals surface area contributed by atoms with Gasteiger partial charge in [-0.15, -0.1) is 0 Å². The van der Waals surface area contributed by atoms with Crippen LogP contribution in [0.2, 0.25) is 0 Å². The van der Waals surface area contributed by atoms with Crippen molar-refractivity contribution in [3.63, 3.8) is 0 Å². The number of nitrogens with zero attached hydrogens (tertiary/aromatic N) is 2. The van der Waals surface area contributed by atoms with Crippen molar-refractivity contribution in [2.24, 2.45) is 0 Å². The summed E-state index contributed by atoms with van der Waals surface area (Å²) in [5.74, 6) is 0. The van der Waals surface area contributed by atoms with E-state index in [4.69, 9.17) is 0 Å². The second kappa shape index (κ2) is 4.47. The summed E-state index contributed by atoms with van der Waals surface area (Å²) in [5, 5.41) is 10.5. The van der Waals surface area contributed by atoms with Gasteiger partial charge in [0.15, 0.2) is 0 Å². The molecule has 1 fully saturated rings. The maximum atomic E-state index is 13.2. The monoisotopic (exact) mass is 224 g/mol. The van der Waals surface area contributed by atoms with Crippen molar-refractivity contribution in [3.8, 4) is 0 Å². The minimum atomic E-state index is -0.788. The maximum absolute atomic E-state index is 13.2. The summed E-state index contributed by atoms with van der Waals surface area (Å²) in [6, 6.07) is 6.26. The summed E-state index contributed by atoms with van der Waals surface area (Å²) in [4.78, 5) is 12.0. The zero-order chi connectivity index (χ0) is 11.5. The van der Waals surface area contributed by atoms with E-state index in [1.54, 1.807) is 12.1 Å². The summed E-state index contributed by atoms with van der Waals surface area (Å²) in [7, 11) is 0. The largest absolute Gasteiger partial charge is 0.369 e. The topological polar surface area (TPSA) is 46.4 Å². The van der Waals surface area contributed by atoms with Gasteiger partial charge in [-0.05, 0) is 25.0 Å². The van der Waals surface area contributed by atoms with Crippen LogP contribution in [0.5, 0.6) is 0 Å². The van der Waals surface area contributed by atoms with Crippen molar-refractivity contribution in [1.82, 2.24) is 0 Å². The molecular weight excluding hydrogens is 211 g/mol. The summed E-state index contributed by atoms with van der Waals surface area (Å²) < 4.78 is 13.2. The average molecular weight is 224 g/mol. The number of alkyl halides is 1. The van der Waals surface area contributed by atoms with Crippen molar-refractivity contribution >= 4 is 11.4 Å². The van der Waals surface area contributed by atoms with Crippen LogP contribution in [0.15, 0.2) is 24.3 Å². The number of piperidine rings is 1. The van der Waals surface area contributed by atoms with Gasteiger partial charge in [-0.2, -0.15) is 0 Å². The van der Waals surface area contributed by atoms with Gasteiger partial charge in [-0.25, -0.2) is 4.39 Å². The van der Waals surface area contributed by atoms with Crippen LogP contribution in [0, 0.1) is 10.1 Å². The molecular formula is C11H13FN2O2. The number of anilines is 1. The Balaban J connectivity index is 2.11. The number of halogens is 1. The summed E-state index contributed by atoms with van der Waals surface area (Å²) >= 11 is 0. The Labute approximate surface area is 92.8 Å². The zero-order valence-corrected chi connectivity index (χ0v) is 8.80. The first-order chi connectivity index (χ1) is 7.66. The highest BCUT2D eigenvalue weighted by molar-refractivity contribution is 5.51. The number of nitro benzene ring substituents is 1. The van der Waals surface area contributed by atoms with Gasteiger partial charge < -0.3 is 4.90 Å². The fraction of sp³-hybridized carbons (Fsp3) is 0.455. The molecule has 2 rings (SSSR count). The zero-order valence-electron chi connectivity index (χ0n) is 8.80. The smallest absolute Gasteiger partial charge is 0.269 e. The first-order valence-corrected chi connectivity index (χ1v) is 5.30. The van der Waals surface area contributed by atoms with Crippen molar-refractivity contribution in [3.05, 3.63) is 34.4 Å². The normalized spacial score (nSPS) is 20.8. The molecule has 5 heteroatoms. The highest BCUT2D eigenvalue weighted by atomic mass is 19.1. The molecule has 1 unspecified atom stereocenters. The Morgan fingerprint density at radius 1 is 1.38 bits per heavy atom. The molecule has 4 nitrogen and oxygen atoms in total. The van der Waals surface area contributed by atoms with E-state index in [1.807, 2.05) is 4.90 Å². The van der Waals surface area contributed by atoms with Gasteiger partial charge in [0.2, 0.25) is 0 Å². The van der Waals surface area contributed by atoms with Crippen LogP contribution in [-0.2, 0) is 0 Å². The first-order valence-electron chi connectivity index (χ1n) is 5.30. The lowest BCUT2D eigenvalue weighted by molar-refractivity contribution is -0.384. The van der Waals surface area contributed by atoms with Crippen molar-refractivity contribution in [1.29, 1.82) is 0 Å². The molecule has 0 N–H and O–H groups in total. The lowest BCUT2D eigenvalue weighted by atomic mass is 10.1. The Morgan fingerprint density at radius 2 is 2.06 bits per heavy atom. The van der Waals surface area contributed by atoms with E-state index in [1.165, 1.54) is 12.1 Å². The van der Waals surface area contributed by atoms with Gasteiger partial charge in [-0.1, -0.05) is 0 Å². The second-order valence-corrected chi connectivity index (χ2v) is 3.96. The van der Waals surface area contributed by atoms with E-state index in [-0.39, 0.29) is 5.69 Å². The molecule has 0 amide bonds. The number of non-ortho nitro benzene ring substituents is 1. The molecule has 0 spiro atoms. The van der Waals surface area contributed by atoms with Crippen molar-refractivity contribution in [2.75, 3.05) is 18.0 Å². The van der Waals surface area contributed by atoms with E-state index >= 15 is 0 Å². The summed E-state index contributed by atoms with van der Waals surface area (Å²) in [5.41, 5.74) is 0.922. The van der Waals surface area contributed by atoms with E-state index in [0.29, 0.717) is 13.0 Å². The van der Waals surface area contributed by atoms with Crippen LogP contribution in [-0.4, -0.2) is 24.2 Å². The third-order valence-corrected chi connectivity index (χ3v) is 2.79. The van der Waals surface area contributed by atoms with Crippen LogP contribution in [0.3, 0.4) is 0 Å². The maximum Gasteiger partial charge on any atom is 0.269 e. The van der Waals surface area contributed by atoms with Crippen molar-refractivity contribution in [2.45, 2.75) is 19.0 Å². The minimum absolute atomic E-state index is 0.0672. The van der Waals surface area contributed by atoms with Gasteiger partial charge in [0.25, 0.3) is 5.69 Å². The lowest BCUT2D eigenvalue weighted by Crippen LogP contribution is -2.36. The van der Waals surface area contributed by atoms with E-state index in [0.717, 1.165) is 18.7 Å². The standard InChI is InChI=1S/C11H13FN2O2/c12-9-2-1-7-13(8-9)10-3-5-11(6-4-10)14(15)16/h3-6,9H,1-2,7-8H2. The van der Waals surface area contributed by atoms with Crippen LogP contribution >= 0.6 is 0 Å². The molecule has 1 heterocycles. The van der Waals surface area contributed by atoms with Gasteiger partial charge >= 0.3 is 0 Å². The fourth-order valence-corrected chi connectivity index (χ4v) is 1.95. The molecule has 0 aliphatic carbocycles. The SMILES string of the molecule is O=[N+]([O-])c1ccc(N2CCCC(F)C2)cc1. The summed E-state index contributed by atoms with van der Waals surface area (Å²) in [6.45, 7) is 1.20. The van der Waals surface area contributed by atoms with Crippen LogP contribution in [0.1, 0.15) is 12.8 Å². The third-order valence-electron chi connectivity index (χ3n) is 2.79. The number of rotatable bonds is 2. The molecule has 1 saturated heterocycles. The third kappa shape index (κ3) is 2.29. The molecule has 86 valence electrons. The van der Waals surface area contributed by atoms with E-state index in [2.05, 4.69) is 0 Å². The van der Waals surface area contributed by atoms with Crippen LogP contribution < -0.4 is 4.90 Å². The highest BCUT2D eigenvalue weighted by Crippen LogP contribution is 2.23. The van der Waals surface area contributed by atoms with E-state index < -0.39 is 11.1 Å². The van der Waals surface area contributed by atoms with E-state index in [9.17, 15) is 14.5 Å². The number of benzene rings is 1.